The minimum absolute atomic E-state index is 0.263. The van der Waals surface area contributed by atoms with Gasteiger partial charge in [-0.25, -0.2) is 0 Å². The van der Waals surface area contributed by atoms with Gasteiger partial charge in [-0.1, -0.05) is 30.3 Å². The lowest BCUT2D eigenvalue weighted by atomic mass is 9.52. The van der Waals surface area contributed by atoms with Crippen molar-refractivity contribution in [2.45, 2.75) is 56.6 Å². The second-order valence-electron chi connectivity index (χ2n) is 13.4. The number of benzene rings is 2. The number of phenols is 1. The topological polar surface area (TPSA) is 158 Å². The molecular formula is C33H36F3N3O7. The van der Waals surface area contributed by atoms with Gasteiger partial charge >= 0.3 is 6.18 Å². The number of carbonyl (C=O) groups excluding carboxylic acids is 5. The minimum atomic E-state index is -4.96. The summed E-state index contributed by atoms with van der Waals surface area (Å²) in [6, 6.07) is 8.65. The highest BCUT2D eigenvalue weighted by Crippen LogP contribution is 2.53. The van der Waals surface area contributed by atoms with Crippen LogP contribution in [-0.2, 0) is 43.9 Å². The van der Waals surface area contributed by atoms with E-state index in [1.807, 2.05) is 44.2 Å². The first-order valence-electron chi connectivity index (χ1n) is 14.8. The molecule has 2 aromatic rings. The van der Waals surface area contributed by atoms with Crippen molar-refractivity contribution < 1.29 is 47.4 Å². The fourth-order valence-electron chi connectivity index (χ4n) is 7.74. The highest BCUT2D eigenvalue weighted by atomic mass is 19.4. The van der Waals surface area contributed by atoms with E-state index < -0.39 is 105 Å². The summed E-state index contributed by atoms with van der Waals surface area (Å²) in [7, 11) is 4.49. The molecule has 1 amide bonds. The van der Waals surface area contributed by atoms with E-state index in [9.17, 15) is 47.4 Å². The number of nitrogens with zero attached hydrogens (tertiary/aromatic N) is 2. The molecule has 2 aromatic carbocycles. The maximum absolute atomic E-state index is 14.9. The first-order chi connectivity index (χ1) is 21.3. The molecule has 0 saturated heterocycles. The van der Waals surface area contributed by atoms with Crippen molar-refractivity contribution in [2.24, 2.45) is 29.4 Å². The third kappa shape index (κ3) is 4.87. The maximum atomic E-state index is 14.9. The third-order valence-corrected chi connectivity index (χ3v) is 10.3. The molecule has 0 aliphatic heterocycles. The number of likely N-dealkylation sites (N-methyl/N-ethyl adjacent to an activating group) is 1. The van der Waals surface area contributed by atoms with Crippen LogP contribution in [0.25, 0.3) is 0 Å². The molecule has 13 heteroatoms. The zero-order valence-electron chi connectivity index (χ0n) is 26.0. The number of aromatic hydroxyl groups is 1. The van der Waals surface area contributed by atoms with Gasteiger partial charge in [-0.05, 0) is 76.5 Å². The number of phenolic OH excluding ortho intramolecular Hbond substituents is 1. The van der Waals surface area contributed by atoms with Crippen LogP contribution in [0, 0.1) is 23.7 Å². The Bertz CT molecular complexity index is 1660. The lowest BCUT2D eigenvalue weighted by molar-refractivity contribution is -0.181. The summed E-state index contributed by atoms with van der Waals surface area (Å²) in [6.07, 6.45) is -5.81. The first-order valence-corrected chi connectivity index (χ1v) is 14.8. The molecule has 2 unspecified atom stereocenters. The number of amides is 1. The van der Waals surface area contributed by atoms with E-state index in [0.717, 1.165) is 11.6 Å². The largest absolute Gasteiger partial charge is 0.507 e. The maximum Gasteiger partial charge on any atom is 0.417 e. The zero-order chi connectivity index (χ0) is 34.3. The van der Waals surface area contributed by atoms with Crippen LogP contribution in [0.15, 0.2) is 36.4 Å². The van der Waals surface area contributed by atoms with Crippen LogP contribution in [0.4, 0.5) is 13.2 Å². The van der Waals surface area contributed by atoms with Gasteiger partial charge in [-0.2, -0.15) is 13.2 Å². The molecule has 0 heterocycles. The molecule has 5 rings (SSSR count). The van der Waals surface area contributed by atoms with Crippen LogP contribution in [0.5, 0.6) is 5.75 Å². The van der Waals surface area contributed by atoms with E-state index in [4.69, 9.17) is 5.73 Å². The second kappa shape index (κ2) is 11.1. The van der Waals surface area contributed by atoms with Gasteiger partial charge in [0, 0.05) is 18.0 Å². The molecule has 0 aromatic heterocycles. The van der Waals surface area contributed by atoms with Gasteiger partial charge in [0.1, 0.15) is 5.75 Å². The molecule has 6 atom stereocenters. The number of fused-ring (bicyclic) bond motifs is 3. The van der Waals surface area contributed by atoms with Crippen LogP contribution in [0.3, 0.4) is 0 Å². The predicted octanol–water partition coefficient (Wildman–Crippen LogP) is 2.25. The Hall–Kier alpha value is -3.94. The van der Waals surface area contributed by atoms with Crippen LogP contribution in [0.2, 0.25) is 0 Å². The molecular weight excluding hydrogens is 607 g/mol. The van der Waals surface area contributed by atoms with Crippen molar-refractivity contribution in [3.05, 3.63) is 64.2 Å². The van der Waals surface area contributed by atoms with Crippen LogP contribution in [-0.4, -0.2) is 81.8 Å². The summed E-state index contributed by atoms with van der Waals surface area (Å²) < 4.78 is 44.8. The van der Waals surface area contributed by atoms with Gasteiger partial charge in [0.2, 0.25) is 5.91 Å². The SMILES string of the molecule is CN(C)[C@@H]1C(=O)C(C(N)=O)C(=O)[C@@]2(O)C(=O)C3C(=O)c4c(O)cc(CN(C)C(C)(C)c5ccccc5)c(C(F)(F)F)c4C[C@H]3C[C@@H]12. The molecule has 3 aliphatic rings. The van der Waals surface area contributed by atoms with Crippen molar-refractivity contribution in [1.29, 1.82) is 0 Å². The Morgan fingerprint density at radius 3 is 2.20 bits per heavy atom. The van der Waals surface area contributed by atoms with E-state index in [2.05, 4.69) is 0 Å². The van der Waals surface area contributed by atoms with Gasteiger partial charge in [-0.3, -0.25) is 33.8 Å². The third-order valence-electron chi connectivity index (χ3n) is 10.3. The smallest absolute Gasteiger partial charge is 0.417 e. The minimum Gasteiger partial charge on any atom is -0.507 e. The number of alkyl halides is 3. The van der Waals surface area contributed by atoms with Crippen molar-refractivity contribution in [1.82, 2.24) is 9.80 Å². The molecule has 4 N–H and O–H groups in total. The quantitative estimate of drug-likeness (QED) is 0.402. The number of halogens is 3. The zero-order valence-corrected chi connectivity index (χ0v) is 26.0. The number of Topliss-reactive ketones (excluding diaryl/α,β-unsaturated/α-hetero) is 4. The van der Waals surface area contributed by atoms with Gasteiger partial charge in [-0.15, -0.1) is 0 Å². The normalized spacial score (nSPS) is 28.3. The Balaban J connectivity index is 1.63. The van der Waals surface area contributed by atoms with Crippen LogP contribution >= 0.6 is 0 Å². The van der Waals surface area contributed by atoms with Crippen molar-refractivity contribution in [3.8, 4) is 5.75 Å². The molecule has 0 radical (unpaired) electrons. The summed E-state index contributed by atoms with van der Waals surface area (Å²) >= 11 is 0. The number of carbonyl (C=O) groups is 5. The number of nitrogens with two attached hydrogens (primary N) is 1. The van der Waals surface area contributed by atoms with Crippen molar-refractivity contribution >= 4 is 29.0 Å². The molecule has 3 aliphatic carbocycles. The van der Waals surface area contributed by atoms with E-state index in [1.54, 1.807) is 11.9 Å². The summed E-state index contributed by atoms with van der Waals surface area (Å²) in [5.41, 5.74) is -0.122. The molecule has 246 valence electrons. The van der Waals surface area contributed by atoms with Gasteiger partial charge in [0.05, 0.1) is 23.1 Å². The summed E-state index contributed by atoms with van der Waals surface area (Å²) in [5.74, 6) is -13.5. The lowest BCUT2D eigenvalue weighted by Crippen LogP contribution is -2.74. The molecule has 2 fully saturated rings. The van der Waals surface area contributed by atoms with E-state index >= 15 is 0 Å². The van der Waals surface area contributed by atoms with Crippen molar-refractivity contribution in [2.75, 3.05) is 21.1 Å². The Morgan fingerprint density at radius 1 is 1.04 bits per heavy atom. The monoisotopic (exact) mass is 643 g/mol. The van der Waals surface area contributed by atoms with Gasteiger partial charge in [0.15, 0.2) is 34.7 Å². The van der Waals surface area contributed by atoms with E-state index in [-0.39, 0.29) is 18.5 Å². The number of hydrogen-bond acceptors (Lipinski definition) is 9. The van der Waals surface area contributed by atoms with Crippen LogP contribution < -0.4 is 5.73 Å². The number of ketones is 4. The molecule has 10 nitrogen and oxygen atoms in total. The highest BCUT2D eigenvalue weighted by Gasteiger charge is 2.69. The fourth-order valence-corrected chi connectivity index (χ4v) is 7.74. The molecule has 2 saturated carbocycles. The van der Waals surface area contributed by atoms with Crippen molar-refractivity contribution in [3.63, 3.8) is 0 Å². The Labute approximate surface area is 263 Å². The average molecular weight is 644 g/mol. The number of primary amides is 1. The summed E-state index contributed by atoms with van der Waals surface area (Å²) in [6.45, 7) is 3.42. The second-order valence-corrected chi connectivity index (χ2v) is 13.4. The standard InChI is InChI=1S/C33H36F3N3O7/c1-31(2,17-9-7-6-8-10-17)39(5)14-16-13-20(40)22-18(24(16)33(34,35)36)11-15-12-19-25(38(3)4)27(42)23(30(37)45)29(44)32(19,46)28(43)21(15)26(22)41/h6-10,13,15,19,21,23,25,40,46H,11-12,14H2,1-5H3,(H2,37,45)/t15-,19-,21?,23?,25-,32-/m0/s1. The van der Waals surface area contributed by atoms with E-state index in [0.29, 0.717) is 0 Å². The van der Waals surface area contributed by atoms with Gasteiger partial charge in [0.25, 0.3) is 0 Å². The molecule has 0 bridgehead atoms. The highest BCUT2D eigenvalue weighted by molar-refractivity contribution is 6.32. The van der Waals surface area contributed by atoms with Crippen LogP contribution in [0.1, 0.15) is 52.9 Å². The fraction of sp³-hybridized carbons (Fsp3) is 0.485. The predicted molar refractivity (Wildman–Crippen MR) is 157 cm³/mol. The summed E-state index contributed by atoms with van der Waals surface area (Å²) in [5, 5.41) is 22.7. The Kier molecular flexibility index (Phi) is 8.06. The number of aliphatic hydroxyl groups is 1. The number of rotatable bonds is 6. The average Bonchev–Trinajstić information content (AvgIpc) is 2.94. The number of hydrogen-bond donors (Lipinski definition) is 3. The Morgan fingerprint density at radius 2 is 1.65 bits per heavy atom. The lowest BCUT2D eigenvalue weighted by Gasteiger charge is -2.52. The molecule has 0 spiro atoms. The first kappa shape index (κ1) is 33.4. The molecule has 46 heavy (non-hydrogen) atoms. The van der Waals surface area contributed by atoms with E-state index in [1.165, 1.54) is 19.0 Å². The van der Waals surface area contributed by atoms with Gasteiger partial charge < -0.3 is 15.9 Å². The summed E-state index contributed by atoms with van der Waals surface area (Å²) in [4.78, 5) is 69.7.